The Kier molecular flexibility index (Phi) is 5.49. The molecule has 134 valence electrons. The second kappa shape index (κ2) is 7.97. The summed E-state index contributed by atoms with van der Waals surface area (Å²) in [6.45, 7) is 1.10. The first-order chi connectivity index (χ1) is 12.6. The summed E-state index contributed by atoms with van der Waals surface area (Å²) in [5.41, 5.74) is 8.53. The molecule has 0 atom stereocenters. The largest absolute Gasteiger partial charge is 0.378 e. The highest BCUT2D eigenvalue weighted by Crippen LogP contribution is 2.15. The molecule has 0 saturated heterocycles. The van der Waals surface area contributed by atoms with Gasteiger partial charge in [-0.15, -0.1) is 0 Å². The molecule has 0 aliphatic carbocycles. The number of anilines is 1. The van der Waals surface area contributed by atoms with Crippen LogP contribution in [0.5, 0.6) is 0 Å². The summed E-state index contributed by atoms with van der Waals surface area (Å²) in [4.78, 5) is 19.6. The Bertz CT molecular complexity index is 971. The van der Waals surface area contributed by atoms with Crippen LogP contribution in [-0.4, -0.2) is 30.2 Å². The van der Waals surface area contributed by atoms with E-state index in [1.54, 1.807) is 4.57 Å². The van der Waals surface area contributed by atoms with Gasteiger partial charge in [0.15, 0.2) is 0 Å². The fourth-order valence-electron chi connectivity index (χ4n) is 2.83. The van der Waals surface area contributed by atoms with Gasteiger partial charge in [-0.3, -0.25) is 9.36 Å². The van der Waals surface area contributed by atoms with Gasteiger partial charge >= 0.3 is 0 Å². The molecule has 3 aromatic rings. The van der Waals surface area contributed by atoms with Crippen molar-refractivity contribution in [1.29, 1.82) is 0 Å². The van der Waals surface area contributed by atoms with Crippen molar-refractivity contribution in [2.24, 2.45) is 5.73 Å². The zero-order valence-corrected chi connectivity index (χ0v) is 15.2. The summed E-state index contributed by atoms with van der Waals surface area (Å²) < 4.78 is 1.71. The molecule has 2 aromatic carbocycles. The summed E-state index contributed by atoms with van der Waals surface area (Å²) in [6.07, 6.45) is 4.61. The molecule has 5 nitrogen and oxygen atoms in total. The molecular formula is C21H24N4O. The lowest BCUT2D eigenvalue weighted by Gasteiger charge is -2.12. The first-order valence-corrected chi connectivity index (χ1v) is 8.75. The number of aromatic nitrogens is 2. The van der Waals surface area contributed by atoms with Crippen LogP contribution >= 0.6 is 0 Å². The average molecular weight is 348 g/mol. The van der Waals surface area contributed by atoms with Crippen molar-refractivity contribution in [2.75, 3.05) is 25.5 Å². The van der Waals surface area contributed by atoms with E-state index in [-0.39, 0.29) is 5.56 Å². The third-order valence-electron chi connectivity index (χ3n) is 4.31. The molecular weight excluding hydrogens is 324 g/mol. The van der Waals surface area contributed by atoms with Crippen molar-refractivity contribution in [2.45, 2.75) is 13.0 Å². The van der Waals surface area contributed by atoms with Crippen LogP contribution in [0.25, 0.3) is 23.1 Å². The number of nitrogens with two attached hydrogens (primary N) is 1. The molecule has 1 aromatic heterocycles. The number of hydrogen-bond acceptors (Lipinski definition) is 4. The van der Waals surface area contributed by atoms with Crippen molar-refractivity contribution in [3.63, 3.8) is 0 Å². The van der Waals surface area contributed by atoms with Gasteiger partial charge in [-0.1, -0.05) is 30.3 Å². The Labute approximate surface area is 153 Å². The lowest BCUT2D eigenvalue weighted by Crippen LogP contribution is -2.25. The maximum atomic E-state index is 12.8. The van der Waals surface area contributed by atoms with Crippen molar-refractivity contribution in [3.8, 4) is 0 Å². The topological polar surface area (TPSA) is 64.2 Å². The lowest BCUT2D eigenvalue weighted by molar-refractivity contribution is 0.619. The minimum Gasteiger partial charge on any atom is -0.378 e. The molecule has 0 saturated carbocycles. The quantitative estimate of drug-likeness (QED) is 0.744. The molecule has 0 aliphatic rings. The van der Waals surface area contributed by atoms with Gasteiger partial charge in [0, 0.05) is 26.3 Å². The van der Waals surface area contributed by atoms with Gasteiger partial charge in [-0.25, -0.2) is 4.98 Å². The zero-order chi connectivity index (χ0) is 18.5. The molecule has 0 bridgehead atoms. The maximum absolute atomic E-state index is 12.8. The van der Waals surface area contributed by atoms with Gasteiger partial charge < -0.3 is 10.6 Å². The normalized spacial score (nSPS) is 11.3. The van der Waals surface area contributed by atoms with E-state index in [0.29, 0.717) is 29.8 Å². The Balaban J connectivity index is 2.00. The number of nitrogens with zero attached hydrogens (tertiary/aromatic N) is 3. The Morgan fingerprint density at radius 2 is 1.81 bits per heavy atom. The van der Waals surface area contributed by atoms with Gasteiger partial charge in [0.05, 0.1) is 10.9 Å². The van der Waals surface area contributed by atoms with Crippen LogP contribution in [0.2, 0.25) is 0 Å². The maximum Gasteiger partial charge on any atom is 0.261 e. The SMILES string of the molecule is CN(C)c1ccc(/C=C/c2nc3ccccc3c(=O)n2CCCN)cc1. The third-order valence-corrected chi connectivity index (χ3v) is 4.31. The smallest absolute Gasteiger partial charge is 0.261 e. The summed E-state index contributed by atoms with van der Waals surface area (Å²) in [6, 6.07) is 15.7. The minimum absolute atomic E-state index is 0.0216. The van der Waals surface area contributed by atoms with Gasteiger partial charge in [-0.2, -0.15) is 0 Å². The lowest BCUT2D eigenvalue weighted by atomic mass is 10.2. The molecule has 0 fully saturated rings. The molecule has 1 heterocycles. The number of benzene rings is 2. The molecule has 0 unspecified atom stereocenters. The fourth-order valence-corrected chi connectivity index (χ4v) is 2.83. The molecule has 0 radical (unpaired) electrons. The van der Waals surface area contributed by atoms with E-state index in [1.807, 2.05) is 50.5 Å². The van der Waals surface area contributed by atoms with Gasteiger partial charge in [0.2, 0.25) is 0 Å². The van der Waals surface area contributed by atoms with E-state index in [9.17, 15) is 4.79 Å². The van der Waals surface area contributed by atoms with Gasteiger partial charge in [-0.05, 0) is 48.9 Å². The second-order valence-electron chi connectivity index (χ2n) is 6.41. The molecule has 0 aliphatic heterocycles. The van der Waals surface area contributed by atoms with Crippen molar-refractivity contribution >= 4 is 28.7 Å². The average Bonchev–Trinajstić information content (AvgIpc) is 2.66. The van der Waals surface area contributed by atoms with Crippen molar-refractivity contribution in [1.82, 2.24) is 9.55 Å². The summed E-state index contributed by atoms with van der Waals surface area (Å²) in [5.74, 6) is 0.652. The molecule has 0 amide bonds. The molecule has 3 rings (SSSR count). The highest BCUT2D eigenvalue weighted by molar-refractivity contribution is 5.79. The van der Waals surface area contributed by atoms with Crippen LogP contribution in [0.1, 0.15) is 17.8 Å². The minimum atomic E-state index is -0.0216. The van der Waals surface area contributed by atoms with E-state index < -0.39 is 0 Å². The number of para-hydroxylation sites is 1. The third kappa shape index (κ3) is 3.83. The first-order valence-electron chi connectivity index (χ1n) is 8.75. The van der Waals surface area contributed by atoms with Crippen LogP contribution in [-0.2, 0) is 6.54 Å². The fraction of sp³-hybridized carbons (Fsp3) is 0.238. The van der Waals surface area contributed by atoms with E-state index >= 15 is 0 Å². The highest BCUT2D eigenvalue weighted by Gasteiger charge is 2.08. The first kappa shape index (κ1) is 17.9. The molecule has 0 spiro atoms. The molecule has 26 heavy (non-hydrogen) atoms. The standard InChI is InChI=1S/C21H24N4O/c1-24(2)17-11-8-16(9-12-17)10-13-20-23-19-7-4-3-6-18(19)21(26)25(20)15-5-14-22/h3-4,6-13H,5,14-15,22H2,1-2H3/b13-10+. The summed E-state index contributed by atoms with van der Waals surface area (Å²) in [7, 11) is 4.03. The number of hydrogen-bond donors (Lipinski definition) is 1. The van der Waals surface area contributed by atoms with Crippen LogP contribution in [0.15, 0.2) is 53.3 Å². The number of rotatable bonds is 6. The number of fused-ring (bicyclic) bond motifs is 1. The second-order valence-corrected chi connectivity index (χ2v) is 6.41. The van der Waals surface area contributed by atoms with Crippen LogP contribution in [0, 0.1) is 0 Å². The van der Waals surface area contributed by atoms with Crippen molar-refractivity contribution in [3.05, 3.63) is 70.3 Å². The summed E-state index contributed by atoms with van der Waals surface area (Å²) in [5, 5.41) is 0.636. The van der Waals surface area contributed by atoms with Gasteiger partial charge in [0.1, 0.15) is 5.82 Å². The van der Waals surface area contributed by atoms with E-state index in [0.717, 1.165) is 17.7 Å². The van der Waals surface area contributed by atoms with E-state index in [1.165, 1.54) is 0 Å². The zero-order valence-electron chi connectivity index (χ0n) is 15.2. The van der Waals surface area contributed by atoms with Crippen LogP contribution in [0.4, 0.5) is 5.69 Å². The predicted molar refractivity (Wildman–Crippen MR) is 109 cm³/mol. The van der Waals surface area contributed by atoms with E-state index in [2.05, 4.69) is 34.1 Å². The Morgan fingerprint density at radius 1 is 1.08 bits per heavy atom. The monoisotopic (exact) mass is 348 g/mol. The van der Waals surface area contributed by atoms with E-state index in [4.69, 9.17) is 5.73 Å². The Hall–Kier alpha value is -2.92. The van der Waals surface area contributed by atoms with Crippen molar-refractivity contribution < 1.29 is 0 Å². The predicted octanol–water partition coefficient (Wildman–Crippen LogP) is 2.98. The molecule has 2 N–H and O–H groups in total. The van der Waals surface area contributed by atoms with Crippen LogP contribution < -0.4 is 16.2 Å². The highest BCUT2D eigenvalue weighted by atomic mass is 16.1. The summed E-state index contributed by atoms with van der Waals surface area (Å²) >= 11 is 0. The van der Waals surface area contributed by atoms with Crippen LogP contribution in [0.3, 0.4) is 0 Å². The van der Waals surface area contributed by atoms with Gasteiger partial charge in [0.25, 0.3) is 5.56 Å². The molecule has 5 heteroatoms. The Morgan fingerprint density at radius 3 is 2.50 bits per heavy atom.